The average Bonchev–Trinajstić information content (AvgIpc) is 2.46. The summed E-state index contributed by atoms with van der Waals surface area (Å²) >= 11 is 0. The Morgan fingerprint density at radius 2 is 2.00 bits per heavy atom. The first-order valence-corrected chi connectivity index (χ1v) is 7.80. The van der Waals surface area contributed by atoms with Crippen LogP contribution in [-0.4, -0.2) is 22.5 Å². The summed E-state index contributed by atoms with van der Waals surface area (Å²) in [5.41, 5.74) is 5.25. The summed E-state index contributed by atoms with van der Waals surface area (Å²) in [5, 5.41) is 0. The number of carbonyl (C=O) groups excluding carboxylic acids is 2. The fraction of sp³-hybridized carbons (Fsp3) is 0.588. The van der Waals surface area contributed by atoms with Gasteiger partial charge in [0, 0.05) is 23.9 Å². The minimum Gasteiger partial charge on any atom is -0.444 e. The molecule has 120 valence electrons. The van der Waals surface area contributed by atoms with E-state index in [9.17, 15) is 9.59 Å². The number of amides is 1. The van der Waals surface area contributed by atoms with Crippen LogP contribution in [0.15, 0.2) is 24.5 Å². The molecule has 1 heterocycles. The lowest BCUT2D eigenvalue weighted by Gasteiger charge is -2.33. The number of primary amides is 1. The number of nitrogens with two attached hydrogens (primary N) is 1. The molecule has 0 radical (unpaired) electrons. The van der Waals surface area contributed by atoms with Crippen molar-refractivity contribution in [2.45, 2.75) is 51.6 Å². The van der Waals surface area contributed by atoms with Crippen LogP contribution >= 0.6 is 0 Å². The number of aromatic nitrogens is 1. The first-order chi connectivity index (χ1) is 10.4. The third-order valence-corrected chi connectivity index (χ3v) is 4.32. The SMILES string of the molecule is CC(C)(CC1CCC(C(=O)c2cccnc2)CC1)OC(N)=O. The van der Waals surface area contributed by atoms with Gasteiger partial charge in [0.25, 0.3) is 0 Å². The fourth-order valence-electron chi connectivity index (χ4n) is 3.38. The molecule has 1 amide bonds. The van der Waals surface area contributed by atoms with Crippen molar-refractivity contribution in [3.8, 4) is 0 Å². The molecule has 1 aliphatic rings. The highest BCUT2D eigenvalue weighted by atomic mass is 16.6. The zero-order valence-electron chi connectivity index (χ0n) is 13.2. The molecular formula is C17H24N2O3. The Bertz CT molecular complexity index is 520. The van der Waals surface area contributed by atoms with E-state index in [4.69, 9.17) is 10.5 Å². The van der Waals surface area contributed by atoms with E-state index >= 15 is 0 Å². The lowest BCUT2D eigenvalue weighted by molar-refractivity contribution is 0.0201. The average molecular weight is 304 g/mol. The van der Waals surface area contributed by atoms with Crippen molar-refractivity contribution in [3.05, 3.63) is 30.1 Å². The highest BCUT2D eigenvalue weighted by Gasteiger charge is 2.32. The van der Waals surface area contributed by atoms with E-state index in [-0.39, 0.29) is 11.7 Å². The molecule has 0 aromatic carbocycles. The third kappa shape index (κ3) is 4.55. The van der Waals surface area contributed by atoms with E-state index in [0.29, 0.717) is 11.5 Å². The number of rotatable bonds is 5. The van der Waals surface area contributed by atoms with Gasteiger partial charge in [0.2, 0.25) is 0 Å². The molecule has 0 aliphatic heterocycles. The minimum absolute atomic E-state index is 0.0839. The zero-order valence-corrected chi connectivity index (χ0v) is 13.2. The van der Waals surface area contributed by atoms with Gasteiger partial charge >= 0.3 is 6.09 Å². The van der Waals surface area contributed by atoms with Gasteiger partial charge in [-0.05, 0) is 64.0 Å². The molecule has 1 fully saturated rings. The Kier molecular flexibility index (Phi) is 5.16. The molecule has 22 heavy (non-hydrogen) atoms. The van der Waals surface area contributed by atoms with Crippen molar-refractivity contribution < 1.29 is 14.3 Å². The van der Waals surface area contributed by atoms with Crippen LogP contribution in [0.2, 0.25) is 0 Å². The Morgan fingerprint density at radius 1 is 1.32 bits per heavy atom. The van der Waals surface area contributed by atoms with Gasteiger partial charge < -0.3 is 10.5 Å². The maximum absolute atomic E-state index is 12.4. The second-order valence-corrected chi connectivity index (χ2v) is 6.71. The van der Waals surface area contributed by atoms with Gasteiger partial charge in [-0.3, -0.25) is 9.78 Å². The van der Waals surface area contributed by atoms with E-state index in [0.717, 1.165) is 32.1 Å². The smallest absolute Gasteiger partial charge is 0.405 e. The number of ketones is 1. The molecule has 2 rings (SSSR count). The van der Waals surface area contributed by atoms with Crippen molar-refractivity contribution in [2.24, 2.45) is 17.6 Å². The van der Waals surface area contributed by atoms with Crippen LogP contribution in [0.1, 0.15) is 56.3 Å². The first kappa shape index (κ1) is 16.5. The van der Waals surface area contributed by atoms with Crippen molar-refractivity contribution in [3.63, 3.8) is 0 Å². The summed E-state index contributed by atoms with van der Waals surface area (Å²) in [7, 11) is 0. The number of pyridine rings is 1. The number of hydrogen-bond donors (Lipinski definition) is 1. The molecule has 1 aromatic rings. The Hall–Kier alpha value is -1.91. The summed E-state index contributed by atoms with van der Waals surface area (Å²) in [6.07, 6.45) is 7.07. The molecule has 2 N–H and O–H groups in total. The molecule has 0 unspecified atom stereocenters. The van der Waals surface area contributed by atoms with Gasteiger partial charge in [0.1, 0.15) is 5.60 Å². The van der Waals surface area contributed by atoms with E-state index < -0.39 is 11.7 Å². The van der Waals surface area contributed by atoms with Crippen LogP contribution in [0.25, 0.3) is 0 Å². The third-order valence-electron chi connectivity index (χ3n) is 4.32. The van der Waals surface area contributed by atoms with Crippen molar-refractivity contribution in [2.75, 3.05) is 0 Å². The van der Waals surface area contributed by atoms with Gasteiger partial charge in [-0.15, -0.1) is 0 Å². The van der Waals surface area contributed by atoms with E-state index in [2.05, 4.69) is 4.98 Å². The maximum atomic E-state index is 12.4. The summed E-state index contributed by atoms with van der Waals surface area (Å²) in [6.45, 7) is 3.76. The molecule has 0 saturated heterocycles. The van der Waals surface area contributed by atoms with Crippen molar-refractivity contribution in [1.29, 1.82) is 0 Å². The topological polar surface area (TPSA) is 82.3 Å². The van der Waals surface area contributed by atoms with Crippen LogP contribution in [0.5, 0.6) is 0 Å². The number of carbonyl (C=O) groups is 2. The Morgan fingerprint density at radius 3 is 2.55 bits per heavy atom. The maximum Gasteiger partial charge on any atom is 0.405 e. The zero-order chi connectivity index (χ0) is 16.2. The molecule has 0 bridgehead atoms. The van der Waals surface area contributed by atoms with E-state index in [1.54, 1.807) is 18.5 Å². The fourth-order valence-corrected chi connectivity index (χ4v) is 3.38. The minimum atomic E-state index is -0.731. The molecule has 1 aromatic heterocycles. The summed E-state index contributed by atoms with van der Waals surface area (Å²) in [5.74, 6) is 0.743. The summed E-state index contributed by atoms with van der Waals surface area (Å²) < 4.78 is 5.15. The monoisotopic (exact) mass is 304 g/mol. The molecule has 1 saturated carbocycles. The van der Waals surface area contributed by atoms with E-state index in [1.165, 1.54) is 0 Å². The predicted octanol–water partition coefficient (Wildman–Crippen LogP) is 3.33. The predicted molar refractivity (Wildman–Crippen MR) is 83.4 cm³/mol. The Balaban J connectivity index is 1.85. The molecule has 1 aliphatic carbocycles. The van der Waals surface area contributed by atoms with Gasteiger partial charge in [0.05, 0.1) is 0 Å². The largest absolute Gasteiger partial charge is 0.444 e. The van der Waals surface area contributed by atoms with Crippen LogP contribution < -0.4 is 5.73 Å². The number of Topliss-reactive ketones (excluding diaryl/α,β-unsaturated/α-hetero) is 1. The Labute approximate surface area is 131 Å². The molecule has 5 nitrogen and oxygen atoms in total. The molecule has 5 heteroatoms. The lowest BCUT2D eigenvalue weighted by Crippen LogP contribution is -2.34. The van der Waals surface area contributed by atoms with E-state index in [1.807, 2.05) is 19.9 Å². The number of ether oxygens (including phenoxy) is 1. The second kappa shape index (κ2) is 6.90. The molecular weight excluding hydrogens is 280 g/mol. The summed E-state index contributed by atoms with van der Waals surface area (Å²) in [4.78, 5) is 27.3. The van der Waals surface area contributed by atoms with Crippen LogP contribution in [0.3, 0.4) is 0 Å². The van der Waals surface area contributed by atoms with Gasteiger partial charge in [-0.25, -0.2) is 4.79 Å². The van der Waals surface area contributed by atoms with Crippen LogP contribution in [0.4, 0.5) is 4.79 Å². The standard InChI is InChI=1S/C17H24N2O3/c1-17(2,22-16(18)21)10-12-5-7-13(8-6-12)15(20)14-4-3-9-19-11-14/h3-4,9,11-13H,5-8,10H2,1-2H3,(H2,18,21). The van der Waals surface area contributed by atoms with Crippen LogP contribution in [-0.2, 0) is 4.74 Å². The van der Waals surface area contributed by atoms with Crippen molar-refractivity contribution in [1.82, 2.24) is 4.98 Å². The second-order valence-electron chi connectivity index (χ2n) is 6.71. The molecule has 0 spiro atoms. The van der Waals surface area contributed by atoms with Gasteiger partial charge in [-0.1, -0.05) is 0 Å². The summed E-state index contributed by atoms with van der Waals surface area (Å²) in [6, 6.07) is 3.62. The normalized spacial score (nSPS) is 22.1. The highest BCUT2D eigenvalue weighted by Crippen LogP contribution is 2.36. The first-order valence-electron chi connectivity index (χ1n) is 7.80. The number of hydrogen-bond acceptors (Lipinski definition) is 4. The molecule has 0 atom stereocenters. The highest BCUT2D eigenvalue weighted by molar-refractivity contribution is 5.97. The van der Waals surface area contributed by atoms with Crippen LogP contribution in [0, 0.1) is 11.8 Å². The quantitative estimate of drug-likeness (QED) is 0.846. The lowest BCUT2D eigenvalue weighted by atomic mass is 9.75. The van der Waals surface area contributed by atoms with Gasteiger partial charge in [0.15, 0.2) is 5.78 Å². The number of nitrogens with zero attached hydrogens (tertiary/aromatic N) is 1. The van der Waals surface area contributed by atoms with Gasteiger partial charge in [-0.2, -0.15) is 0 Å². The van der Waals surface area contributed by atoms with Crippen molar-refractivity contribution >= 4 is 11.9 Å².